The fourth-order valence-electron chi connectivity index (χ4n) is 6.79. The highest BCUT2D eigenvalue weighted by atomic mass is 16.8. The van der Waals surface area contributed by atoms with Crippen LogP contribution in [0.4, 0.5) is 0 Å². The Bertz CT molecular complexity index is 1600. The van der Waals surface area contributed by atoms with E-state index in [4.69, 9.17) is 23.7 Å². The summed E-state index contributed by atoms with van der Waals surface area (Å²) in [6.07, 6.45) is 5.11. The minimum Gasteiger partial charge on any atom is -0.508 e. The zero-order valence-corrected chi connectivity index (χ0v) is 30.0. The number of ether oxygens (including phenoxy) is 5. The molecular formula is C43H52O7. The summed E-state index contributed by atoms with van der Waals surface area (Å²) in [7, 11) is 1.67. The van der Waals surface area contributed by atoms with Crippen molar-refractivity contribution in [2.75, 3.05) is 13.7 Å². The van der Waals surface area contributed by atoms with Crippen LogP contribution in [0.2, 0.25) is 0 Å². The van der Waals surface area contributed by atoms with E-state index >= 15 is 0 Å². The predicted molar refractivity (Wildman–Crippen MR) is 196 cm³/mol. The number of hydrogen-bond acceptors (Lipinski definition) is 7. The highest BCUT2D eigenvalue weighted by molar-refractivity contribution is 5.71. The molecule has 7 heteroatoms. The molecular weight excluding hydrogens is 628 g/mol. The average Bonchev–Trinajstić information content (AvgIpc) is 3.13. The molecule has 4 aromatic carbocycles. The second-order valence-corrected chi connectivity index (χ2v) is 13.8. The van der Waals surface area contributed by atoms with Crippen molar-refractivity contribution in [1.29, 1.82) is 0 Å². The van der Waals surface area contributed by atoms with Crippen LogP contribution in [0.1, 0.15) is 106 Å². The molecule has 0 bridgehead atoms. The Morgan fingerprint density at radius 1 is 0.800 bits per heavy atom. The lowest BCUT2D eigenvalue weighted by molar-refractivity contribution is -0.232. The minimum atomic E-state index is -0.756. The van der Waals surface area contributed by atoms with Crippen molar-refractivity contribution in [3.63, 3.8) is 0 Å². The predicted octanol–water partition coefficient (Wildman–Crippen LogP) is 9.99. The zero-order valence-electron chi connectivity index (χ0n) is 30.0. The van der Waals surface area contributed by atoms with E-state index in [1.807, 2.05) is 80.6 Å². The number of phenols is 1. The third kappa shape index (κ3) is 10.3. The quantitative estimate of drug-likeness (QED) is 0.118. The molecule has 7 nitrogen and oxygen atoms in total. The Morgan fingerprint density at radius 3 is 2.06 bits per heavy atom. The molecule has 4 aromatic rings. The van der Waals surface area contributed by atoms with Crippen molar-refractivity contribution < 1.29 is 33.6 Å². The van der Waals surface area contributed by atoms with Gasteiger partial charge in [0, 0.05) is 13.5 Å². The van der Waals surface area contributed by atoms with Crippen LogP contribution >= 0.6 is 0 Å². The van der Waals surface area contributed by atoms with Crippen LogP contribution in [0.5, 0.6) is 17.2 Å². The van der Waals surface area contributed by atoms with E-state index in [0.717, 1.165) is 49.8 Å². The maximum atomic E-state index is 12.7. The molecule has 0 amide bonds. The zero-order chi connectivity index (χ0) is 35.5. The van der Waals surface area contributed by atoms with Gasteiger partial charge in [0.25, 0.3) is 0 Å². The molecule has 0 aliphatic carbocycles. The number of hydrogen-bond donors (Lipinski definition) is 1. The molecule has 0 radical (unpaired) electrons. The molecule has 0 spiro atoms. The molecule has 0 aromatic heterocycles. The molecule has 1 aliphatic heterocycles. The summed E-state index contributed by atoms with van der Waals surface area (Å²) in [6, 6.07) is 33.8. The van der Waals surface area contributed by atoms with E-state index in [0.29, 0.717) is 11.7 Å². The van der Waals surface area contributed by atoms with Gasteiger partial charge in [-0.3, -0.25) is 0 Å². The standard InChI is InChI=1S/C43H52O7/c1-6-31(33-15-21-37(44)22-16-33)28-35(27-30(2)32-17-25-39(26-18-32)48-42-14-10-13-41(46-5)49-42)34-19-23-38(24-20-34)47-29-40(45)50-43(3,4)36-11-8-7-9-12-36/h7-9,11-12,15-26,30-31,35,41-42,44H,6,10,13-14,27-29H2,1-5H3. The number of carbonyl (C=O) groups is 1. The molecule has 5 rings (SSSR count). The van der Waals surface area contributed by atoms with Crippen molar-refractivity contribution in [3.05, 3.63) is 125 Å². The number of aromatic hydroxyl groups is 1. The first kappa shape index (κ1) is 36.9. The van der Waals surface area contributed by atoms with Crippen LogP contribution in [0.25, 0.3) is 0 Å². The lowest BCUT2D eigenvalue weighted by Crippen LogP contribution is -2.32. The van der Waals surface area contributed by atoms with Crippen LogP contribution in [-0.4, -0.2) is 37.4 Å². The van der Waals surface area contributed by atoms with Gasteiger partial charge in [-0.1, -0.05) is 80.6 Å². The summed E-state index contributed by atoms with van der Waals surface area (Å²) in [4.78, 5) is 12.7. The first-order valence-corrected chi connectivity index (χ1v) is 17.9. The van der Waals surface area contributed by atoms with Crippen LogP contribution in [-0.2, 0) is 24.6 Å². The van der Waals surface area contributed by atoms with Gasteiger partial charge in [-0.15, -0.1) is 0 Å². The van der Waals surface area contributed by atoms with Crippen LogP contribution in [0, 0.1) is 0 Å². The first-order chi connectivity index (χ1) is 24.1. The third-order valence-corrected chi connectivity index (χ3v) is 9.77. The molecule has 1 heterocycles. The van der Waals surface area contributed by atoms with Crippen molar-refractivity contribution in [2.24, 2.45) is 0 Å². The Hall–Kier alpha value is -4.33. The largest absolute Gasteiger partial charge is 0.508 e. The molecule has 50 heavy (non-hydrogen) atoms. The van der Waals surface area contributed by atoms with Crippen LogP contribution in [0.15, 0.2) is 103 Å². The lowest BCUT2D eigenvalue weighted by Gasteiger charge is -2.29. The van der Waals surface area contributed by atoms with Crippen molar-refractivity contribution >= 4 is 5.97 Å². The maximum absolute atomic E-state index is 12.7. The van der Waals surface area contributed by atoms with E-state index in [1.54, 1.807) is 19.2 Å². The van der Waals surface area contributed by atoms with E-state index in [9.17, 15) is 9.90 Å². The molecule has 1 N–H and O–H groups in total. The topological polar surface area (TPSA) is 83.5 Å². The molecule has 5 atom stereocenters. The molecule has 0 saturated carbocycles. The summed E-state index contributed by atoms with van der Waals surface area (Å²) in [6.45, 7) is 8.08. The number of esters is 1. The van der Waals surface area contributed by atoms with Crippen molar-refractivity contribution in [1.82, 2.24) is 0 Å². The summed E-state index contributed by atoms with van der Waals surface area (Å²) in [5.74, 6) is 2.14. The van der Waals surface area contributed by atoms with Gasteiger partial charge in [0.1, 0.15) is 22.8 Å². The smallest absolute Gasteiger partial charge is 0.345 e. The van der Waals surface area contributed by atoms with Crippen LogP contribution < -0.4 is 9.47 Å². The van der Waals surface area contributed by atoms with Gasteiger partial charge in [0.05, 0.1) is 0 Å². The summed E-state index contributed by atoms with van der Waals surface area (Å²) < 4.78 is 29.0. The highest BCUT2D eigenvalue weighted by Crippen LogP contribution is 2.39. The molecule has 1 aliphatic rings. The van der Waals surface area contributed by atoms with Gasteiger partial charge >= 0.3 is 5.97 Å². The van der Waals surface area contributed by atoms with E-state index < -0.39 is 11.6 Å². The third-order valence-electron chi connectivity index (χ3n) is 9.77. The maximum Gasteiger partial charge on any atom is 0.345 e. The van der Waals surface area contributed by atoms with E-state index in [1.165, 1.54) is 16.7 Å². The normalized spacial score (nSPS) is 18.1. The average molecular weight is 681 g/mol. The Labute approximate surface area is 297 Å². The van der Waals surface area contributed by atoms with Gasteiger partial charge < -0.3 is 28.8 Å². The van der Waals surface area contributed by atoms with Gasteiger partial charge in [-0.2, -0.15) is 0 Å². The molecule has 266 valence electrons. The van der Waals surface area contributed by atoms with Crippen LogP contribution in [0.3, 0.4) is 0 Å². The van der Waals surface area contributed by atoms with Crippen molar-refractivity contribution in [2.45, 2.75) is 102 Å². The van der Waals surface area contributed by atoms with E-state index in [-0.39, 0.29) is 36.8 Å². The van der Waals surface area contributed by atoms with Gasteiger partial charge in [-0.05, 0) is 122 Å². The summed E-state index contributed by atoms with van der Waals surface area (Å²) >= 11 is 0. The minimum absolute atomic E-state index is 0.172. The Kier molecular flexibility index (Phi) is 13.0. The fraction of sp³-hybridized carbons (Fsp3) is 0.419. The number of rotatable bonds is 16. The number of carbonyl (C=O) groups excluding carboxylic acids is 1. The van der Waals surface area contributed by atoms with Gasteiger partial charge in [0.2, 0.25) is 6.29 Å². The molecule has 1 fully saturated rings. The number of methoxy groups -OCH3 is 1. The highest BCUT2D eigenvalue weighted by Gasteiger charge is 2.26. The summed E-state index contributed by atoms with van der Waals surface area (Å²) in [5, 5.41) is 9.90. The number of benzene rings is 4. The molecule has 5 unspecified atom stereocenters. The Morgan fingerprint density at radius 2 is 1.40 bits per heavy atom. The second kappa shape index (κ2) is 17.6. The summed E-state index contributed by atoms with van der Waals surface area (Å²) in [5.41, 5.74) is 3.86. The lowest BCUT2D eigenvalue weighted by atomic mass is 9.78. The monoisotopic (exact) mass is 680 g/mol. The Balaban J connectivity index is 1.25. The first-order valence-electron chi connectivity index (χ1n) is 17.9. The molecule has 1 saturated heterocycles. The number of phenolic OH excluding ortho intramolecular Hbond substituents is 1. The van der Waals surface area contributed by atoms with Gasteiger partial charge in [0.15, 0.2) is 12.9 Å². The fourth-order valence-corrected chi connectivity index (χ4v) is 6.79. The second-order valence-electron chi connectivity index (χ2n) is 13.8. The van der Waals surface area contributed by atoms with E-state index in [2.05, 4.69) is 38.1 Å². The SMILES string of the molecule is CCC(CC(CC(C)c1ccc(OC2CCCC(OC)O2)cc1)c1ccc(OCC(=O)OC(C)(C)c2ccccc2)cc1)c1ccc(O)cc1. The van der Waals surface area contributed by atoms with Gasteiger partial charge in [-0.25, -0.2) is 4.79 Å². The van der Waals surface area contributed by atoms with Crippen molar-refractivity contribution in [3.8, 4) is 17.2 Å².